The van der Waals surface area contributed by atoms with Crippen LogP contribution in [0, 0.1) is 5.92 Å². The molecule has 0 bridgehead atoms. The third-order valence-corrected chi connectivity index (χ3v) is 4.85. The third-order valence-electron chi connectivity index (χ3n) is 2.82. The molecule has 21 heavy (non-hydrogen) atoms. The summed E-state index contributed by atoms with van der Waals surface area (Å²) < 4.78 is 12.2. The van der Waals surface area contributed by atoms with E-state index >= 15 is 0 Å². The molecule has 2 atom stereocenters. The number of Topliss-reactive ketones (excluding diaryl/α,β-unsaturated/α-hetero) is 1. The Kier molecular flexibility index (Phi) is 6.84. The van der Waals surface area contributed by atoms with Crippen molar-refractivity contribution >= 4 is 45.7 Å². The lowest BCUT2D eigenvalue weighted by Crippen LogP contribution is -2.45. The van der Waals surface area contributed by atoms with E-state index in [1.165, 1.54) is 19.1 Å². The zero-order chi connectivity index (χ0) is 16.2. The second kappa shape index (κ2) is 7.92. The highest BCUT2D eigenvalue weighted by atomic mass is 35.5. The van der Waals surface area contributed by atoms with E-state index in [4.69, 9.17) is 23.2 Å². The summed E-state index contributed by atoms with van der Waals surface area (Å²) in [5.74, 6) is -0.894. The van der Waals surface area contributed by atoms with Crippen molar-refractivity contribution in [3.8, 4) is 0 Å². The number of amides is 1. The predicted octanol–water partition coefficient (Wildman–Crippen LogP) is 2.83. The highest BCUT2D eigenvalue weighted by Crippen LogP contribution is 2.23. The molecule has 0 heterocycles. The maximum absolute atomic E-state index is 12.2. The Morgan fingerprint density at radius 3 is 2.43 bits per heavy atom. The van der Waals surface area contributed by atoms with E-state index in [9.17, 15) is 13.8 Å². The van der Waals surface area contributed by atoms with Crippen LogP contribution in [0.2, 0.25) is 10.0 Å². The molecule has 0 radical (unpaired) electrons. The molecule has 0 spiro atoms. The minimum absolute atomic E-state index is 0.0327. The first-order valence-electron chi connectivity index (χ1n) is 6.35. The Bertz CT molecular complexity index is 575. The van der Waals surface area contributed by atoms with Crippen molar-refractivity contribution in [2.45, 2.75) is 31.7 Å². The average Bonchev–Trinajstić information content (AvgIpc) is 2.37. The van der Waals surface area contributed by atoms with Gasteiger partial charge in [0.05, 0.1) is 26.8 Å². The van der Waals surface area contributed by atoms with E-state index in [1.807, 2.05) is 13.8 Å². The highest BCUT2D eigenvalue weighted by Gasteiger charge is 2.22. The first-order valence-corrected chi connectivity index (χ1v) is 8.43. The average molecular weight is 350 g/mol. The van der Waals surface area contributed by atoms with Gasteiger partial charge in [-0.2, -0.15) is 0 Å². The van der Waals surface area contributed by atoms with E-state index < -0.39 is 22.7 Å². The molecule has 0 aliphatic heterocycles. The van der Waals surface area contributed by atoms with Gasteiger partial charge >= 0.3 is 0 Å². The second-order valence-electron chi connectivity index (χ2n) is 4.96. The van der Waals surface area contributed by atoms with Crippen LogP contribution in [0.5, 0.6) is 0 Å². The number of hydrogen-bond donors (Lipinski definition) is 1. The van der Waals surface area contributed by atoms with Gasteiger partial charge in [-0.3, -0.25) is 13.8 Å². The number of carbonyl (C=O) groups excluding carboxylic acids is 2. The number of ketones is 1. The number of nitrogens with one attached hydrogen (secondary N) is 1. The third kappa shape index (κ3) is 5.41. The SMILES string of the molecule is CC(=O)C(NC(=O)CS(=O)c1cc(Cl)ccc1Cl)C(C)C. The van der Waals surface area contributed by atoms with Crippen molar-refractivity contribution in [1.29, 1.82) is 0 Å². The van der Waals surface area contributed by atoms with Crippen LogP contribution in [-0.2, 0) is 20.4 Å². The fraction of sp³-hybridized carbons (Fsp3) is 0.429. The Labute approximate surface area is 136 Å². The smallest absolute Gasteiger partial charge is 0.233 e. The van der Waals surface area contributed by atoms with Gasteiger partial charge in [0.25, 0.3) is 0 Å². The summed E-state index contributed by atoms with van der Waals surface area (Å²) in [6.45, 7) is 5.07. The molecule has 0 aromatic heterocycles. The lowest BCUT2D eigenvalue weighted by molar-refractivity contribution is -0.126. The van der Waals surface area contributed by atoms with E-state index in [1.54, 1.807) is 6.07 Å². The molecule has 7 heteroatoms. The van der Waals surface area contributed by atoms with Crippen molar-refractivity contribution in [3.63, 3.8) is 0 Å². The fourth-order valence-corrected chi connectivity index (χ4v) is 3.43. The summed E-state index contributed by atoms with van der Waals surface area (Å²) >= 11 is 11.8. The summed E-state index contributed by atoms with van der Waals surface area (Å²) in [5.41, 5.74) is 0. The van der Waals surface area contributed by atoms with Gasteiger partial charge in [0.1, 0.15) is 5.75 Å². The molecule has 0 aliphatic carbocycles. The normalized spacial score (nSPS) is 13.8. The zero-order valence-corrected chi connectivity index (χ0v) is 14.3. The largest absolute Gasteiger partial charge is 0.345 e. The summed E-state index contributed by atoms with van der Waals surface area (Å²) in [6, 6.07) is 4.00. The molecule has 116 valence electrons. The lowest BCUT2D eigenvalue weighted by atomic mass is 10.0. The molecule has 2 unspecified atom stereocenters. The van der Waals surface area contributed by atoms with Crippen LogP contribution < -0.4 is 5.32 Å². The summed E-state index contributed by atoms with van der Waals surface area (Å²) in [6.07, 6.45) is 0. The van der Waals surface area contributed by atoms with E-state index in [0.29, 0.717) is 9.92 Å². The molecule has 0 aliphatic rings. The maximum Gasteiger partial charge on any atom is 0.233 e. The Morgan fingerprint density at radius 2 is 1.90 bits per heavy atom. The van der Waals surface area contributed by atoms with Crippen molar-refractivity contribution in [2.75, 3.05) is 5.75 Å². The van der Waals surface area contributed by atoms with Crippen LogP contribution in [0.1, 0.15) is 20.8 Å². The fourth-order valence-electron chi connectivity index (χ4n) is 1.80. The first kappa shape index (κ1) is 18.1. The van der Waals surface area contributed by atoms with Gasteiger partial charge in [0.15, 0.2) is 5.78 Å². The molecule has 0 fully saturated rings. The molecule has 1 aromatic carbocycles. The van der Waals surface area contributed by atoms with Gasteiger partial charge in [-0.1, -0.05) is 37.0 Å². The van der Waals surface area contributed by atoms with Gasteiger partial charge in [0, 0.05) is 5.02 Å². The zero-order valence-electron chi connectivity index (χ0n) is 12.0. The van der Waals surface area contributed by atoms with Gasteiger partial charge in [-0.05, 0) is 31.0 Å². The standard InChI is InChI=1S/C14H17Cl2NO3S/c1-8(2)14(9(3)18)17-13(19)7-21(20)12-6-10(15)4-5-11(12)16/h4-6,8,14H,7H2,1-3H3,(H,17,19). The molecule has 1 N–H and O–H groups in total. The number of hydrogen-bond acceptors (Lipinski definition) is 3. The Morgan fingerprint density at radius 1 is 1.29 bits per heavy atom. The molecule has 1 amide bonds. The molecule has 0 saturated heterocycles. The molecule has 0 saturated carbocycles. The van der Waals surface area contributed by atoms with Crippen LogP contribution in [0.4, 0.5) is 0 Å². The number of rotatable bonds is 6. The van der Waals surface area contributed by atoms with Crippen LogP contribution in [0.15, 0.2) is 23.1 Å². The summed E-state index contributed by atoms with van der Waals surface area (Å²) in [5, 5.41) is 3.28. The molecule has 1 rings (SSSR count). The molecular weight excluding hydrogens is 333 g/mol. The van der Waals surface area contributed by atoms with E-state index in [0.717, 1.165) is 0 Å². The second-order valence-corrected chi connectivity index (χ2v) is 7.23. The summed E-state index contributed by atoms with van der Waals surface area (Å²) in [4.78, 5) is 23.7. The van der Waals surface area contributed by atoms with Crippen molar-refractivity contribution in [1.82, 2.24) is 5.32 Å². The topological polar surface area (TPSA) is 63.2 Å². The monoisotopic (exact) mass is 349 g/mol. The van der Waals surface area contributed by atoms with Gasteiger partial charge < -0.3 is 5.32 Å². The lowest BCUT2D eigenvalue weighted by Gasteiger charge is -2.19. The number of carbonyl (C=O) groups is 2. The Hall–Kier alpha value is -0.910. The van der Waals surface area contributed by atoms with Crippen LogP contribution >= 0.6 is 23.2 Å². The maximum atomic E-state index is 12.2. The first-order chi connectivity index (χ1) is 9.72. The summed E-state index contributed by atoms with van der Waals surface area (Å²) in [7, 11) is -1.62. The van der Waals surface area contributed by atoms with E-state index in [-0.39, 0.29) is 22.5 Å². The molecular formula is C14H17Cl2NO3S. The van der Waals surface area contributed by atoms with Gasteiger partial charge in [-0.15, -0.1) is 0 Å². The van der Waals surface area contributed by atoms with Crippen molar-refractivity contribution < 1.29 is 13.8 Å². The molecule has 4 nitrogen and oxygen atoms in total. The van der Waals surface area contributed by atoms with Crippen molar-refractivity contribution in [3.05, 3.63) is 28.2 Å². The number of halogens is 2. The van der Waals surface area contributed by atoms with Crippen LogP contribution in [-0.4, -0.2) is 27.7 Å². The van der Waals surface area contributed by atoms with Crippen LogP contribution in [0.3, 0.4) is 0 Å². The number of benzene rings is 1. The minimum atomic E-state index is -1.62. The molecule has 1 aromatic rings. The van der Waals surface area contributed by atoms with Crippen molar-refractivity contribution in [2.24, 2.45) is 5.92 Å². The predicted molar refractivity (Wildman–Crippen MR) is 85.2 cm³/mol. The Balaban J connectivity index is 2.76. The minimum Gasteiger partial charge on any atom is -0.345 e. The van der Waals surface area contributed by atoms with Gasteiger partial charge in [0.2, 0.25) is 5.91 Å². The van der Waals surface area contributed by atoms with Crippen LogP contribution in [0.25, 0.3) is 0 Å². The van der Waals surface area contributed by atoms with Gasteiger partial charge in [-0.25, -0.2) is 0 Å². The highest BCUT2D eigenvalue weighted by molar-refractivity contribution is 7.85. The quantitative estimate of drug-likeness (QED) is 0.858. The van der Waals surface area contributed by atoms with E-state index in [2.05, 4.69) is 5.32 Å².